The molecule has 100 valence electrons. The highest BCUT2D eigenvalue weighted by molar-refractivity contribution is 5.68. The Morgan fingerprint density at radius 3 is 2.45 bits per heavy atom. The van der Waals surface area contributed by atoms with Crippen LogP contribution in [0.25, 0.3) is 11.1 Å². The number of hydrogen-bond donors (Lipinski definition) is 1. The van der Waals surface area contributed by atoms with E-state index in [1.807, 2.05) is 24.3 Å². The van der Waals surface area contributed by atoms with Crippen molar-refractivity contribution in [3.63, 3.8) is 0 Å². The van der Waals surface area contributed by atoms with Gasteiger partial charge in [-0.25, -0.2) is 0 Å². The van der Waals surface area contributed by atoms with Crippen LogP contribution in [0.1, 0.15) is 11.1 Å². The molecule has 4 heteroatoms. The van der Waals surface area contributed by atoms with Crippen LogP contribution in [0.3, 0.4) is 0 Å². The van der Waals surface area contributed by atoms with Gasteiger partial charge in [0, 0.05) is 0 Å². The van der Waals surface area contributed by atoms with Gasteiger partial charge in [-0.2, -0.15) is 10.3 Å². The van der Waals surface area contributed by atoms with Crippen molar-refractivity contribution in [1.29, 1.82) is 0 Å². The lowest BCUT2D eigenvalue weighted by Crippen LogP contribution is -1.87. The molecule has 0 spiro atoms. The van der Waals surface area contributed by atoms with Crippen molar-refractivity contribution in [2.24, 2.45) is 0 Å². The third-order valence-corrected chi connectivity index (χ3v) is 3.16. The molecule has 1 aromatic heterocycles. The highest BCUT2D eigenvalue weighted by atomic mass is 16.5. The molecule has 20 heavy (non-hydrogen) atoms. The number of rotatable bonds is 3. The summed E-state index contributed by atoms with van der Waals surface area (Å²) in [6, 6.07) is 14.4. The zero-order valence-electron chi connectivity index (χ0n) is 11.4. The van der Waals surface area contributed by atoms with Gasteiger partial charge in [0.1, 0.15) is 11.9 Å². The van der Waals surface area contributed by atoms with Gasteiger partial charge in [0.05, 0.1) is 0 Å². The molecule has 0 saturated carbocycles. The van der Waals surface area contributed by atoms with Crippen molar-refractivity contribution < 1.29 is 4.74 Å². The Balaban J connectivity index is 1.85. The molecular weight excluding hydrogens is 250 g/mol. The van der Waals surface area contributed by atoms with Crippen LogP contribution in [0.15, 0.2) is 48.7 Å². The molecule has 2 aromatic carbocycles. The monoisotopic (exact) mass is 265 g/mol. The minimum absolute atomic E-state index is 0.462. The first-order valence-corrected chi connectivity index (χ1v) is 6.44. The maximum atomic E-state index is 5.55. The van der Waals surface area contributed by atoms with E-state index < -0.39 is 0 Å². The average molecular weight is 265 g/mol. The number of aromatic amines is 1. The van der Waals surface area contributed by atoms with Gasteiger partial charge in [-0.1, -0.05) is 35.9 Å². The predicted octanol–water partition coefficient (Wildman–Crippen LogP) is 3.88. The van der Waals surface area contributed by atoms with Gasteiger partial charge in [0.15, 0.2) is 0 Å². The van der Waals surface area contributed by atoms with E-state index in [1.165, 1.54) is 28.5 Å². The molecule has 0 unspecified atom stereocenters. The lowest BCUT2D eigenvalue weighted by atomic mass is 9.99. The lowest BCUT2D eigenvalue weighted by molar-refractivity contribution is 0.461. The first-order valence-electron chi connectivity index (χ1n) is 6.44. The number of hydrogen-bond acceptors (Lipinski definition) is 3. The van der Waals surface area contributed by atoms with E-state index in [-0.39, 0.29) is 0 Å². The van der Waals surface area contributed by atoms with Gasteiger partial charge in [-0.15, -0.1) is 5.10 Å². The molecule has 0 radical (unpaired) electrons. The van der Waals surface area contributed by atoms with E-state index in [4.69, 9.17) is 4.74 Å². The summed E-state index contributed by atoms with van der Waals surface area (Å²) in [4.78, 5) is 0. The van der Waals surface area contributed by atoms with Gasteiger partial charge >= 0.3 is 0 Å². The average Bonchev–Trinajstić information content (AvgIpc) is 2.93. The Morgan fingerprint density at radius 2 is 1.80 bits per heavy atom. The number of nitrogens with zero attached hydrogens (tertiary/aromatic N) is 2. The van der Waals surface area contributed by atoms with Crippen molar-refractivity contribution >= 4 is 0 Å². The quantitative estimate of drug-likeness (QED) is 0.781. The minimum Gasteiger partial charge on any atom is -0.436 e. The van der Waals surface area contributed by atoms with E-state index in [2.05, 4.69) is 47.5 Å². The number of aryl methyl sites for hydroxylation is 2. The molecule has 0 bridgehead atoms. The van der Waals surface area contributed by atoms with Gasteiger partial charge in [-0.05, 0) is 42.7 Å². The topological polar surface area (TPSA) is 50.8 Å². The smallest absolute Gasteiger partial charge is 0.258 e. The van der Waals surface area contributed by atoms with Crippen LogP contribution in [-0.4, -0.2) is 15.4 Å². The summed E-state index contributed by atoms with van der Waals surface area (Å²) in [7, 11) is 0. The molecule has 0 amide bonds. The molecule has 3 rings (SSSR count). The first-order chi connectivity index (χ1) is 9.72. The van der Waals surface area contributed by atoms with Crippen LogP contribution >= 0.6 is 0 Å². The lowest BCUT2D eigenvalue weighted by Gasteiger charge is -2.08. The second-order valence-corrected chi connectivity index (χ2v) is 4.75. The molecule has 1 heterocycles. The Morgan fingerprint density at radius 1 is 1.00 bits per heavy atom. The van der Waals surface area contributed by atoms with Gasteiger partial charge in [0.2, 0.25) is 0 Å². The Kier molecular flexibility index (Phi) is 3.21. The summed E-state index contributed by atoms with van der Waals surface area (Å²) in [5, 5.41) is 10.1. The van der Waals surface area contributed by atoms with Crippen molar-refractivity contribution in [1.82, 2.24) is 15.4 Å². The summed E-state index contributed by atoms with van der Waals surface area (Å²) >= 11 is 0. The van der Waals surface area contributed by atoms with E-state index >= 15 is 0 Å². The van der Waals surface area contributed by atoms with Crippen LogP contribution in [0.5, 0.6) is 11.6 Å². The molecule has 0 fully saturated rings. The molecule has 0 aliphatic heterocycles. The summed E-state index contributed by atoms with van der Waals surface area (Å²) in [6.07, 6.45) is 1.54. The van der Waals surface area contributed by atoms with Crippen LogP contribution in [0.4, 0.5) is 0 Å². The highest BCUT2D eigenvalue weighted by Gasteiger charge is 2.04. The number of H-pyrrole nitrogens is 1. The Hall–Kier alpha value is -2.62. The van der Waals surface area contributed by atoms with Crippen molar-refractivity contribution in [2.75, 3.05) is 0 Å². The SMILES string of the molecule is Cc1ccc(-c2ccc(Oc3cn[nH]n3)cc2)c(C)c1. The summed E-state index contributed by atoms with van der Waals surface area (Å²) in [5.74, 6) is 1.21. The zero-order valence-corrected chi connectivity index (χ0v) is 11.4. The molecule has 0 aliphatic rings. The molecule has 4 nitrogen and oxygen atoms in total. The van der Waals surface area contributed by atoms with Gasteiger partial charge in [0.25, 0.3) is 5.88 Å². The van der Waals surface area contributed by atoms with E-state index in [0.29, 0.717) is 5.88 Å². The maximum Gasteiger partial charge on any atom is 0.258 e. The third kappa shape index (κ3) is 2.54. The second kappa shape index (κ2) is 5.17. The number of benzene rings is 2. The molecule has 1 N–H and O–H groups in total. The summed E-state index contributed by atoms with van der Waals surface area (Å²) in [6.45, 7) is 4.23. The fourth-order valence-corrected chi connectivity index (χ4v) is 2.20. The first kappa shape index (κ1) is 12.4. The van der Waals surface area contributed by atoms with Crippen molar-refractivity contribution in [2.45, 2.75) is 13.8 Å². The largest absolute Gasteiger partial charge is 0.436 e. The van der Waals surface area contributed by atoms with Crippen molar-refractivity contribution in [3.8, 4) is 22.8 Å². The fraction of sp³-hybridized carbons (Fsp3) is 0.125. The minimum atomic E-state index is 0.462. The van der Waals surface area contributed by atoms with E-state index in [0.717, 1.165) is 5.75 Å². The Labute approximate surface area is 117 Å². The third-order valence-electron chi connectivity index (χ3n) is 3.16. The van der Waals surface area contributed by atoms with Crippen LogP contribution in [0, 0.1) is 13.8 Å². The number of ether oxygens (including phenoxy) is 1. The number of nitrogens with one attached hydrogen (secondary N) is 1. The Bertz CT molecular complexity index is 703. The maximum absolute atomic E-state index is 5.55. The molecule has 0 atom stereocenters. The molecular formula is C16H15N3O. The second-order valence-electron chi connectivity index (χ2n) is 4.75. The fourth-order valence-electron chi connectivity index (χ4n) is 2.20. The zero-order chi connectivity index (χ0) is 13.9. The van der Waals surface area contributed by atoms with Crippen LogP contribution < -0.4 is 4.74 Å². The van der Waals surface area contributed by atoms with Gasteiger partial charge in [-0.3, -0.25) is 0 Å². The molecule has 0 aliphatic carbocycles. The summed E-state index contributed by atoms with van der Waals surface area (Å²) in [5.41, 5.74) is 4.96. The molecule has 3 aromatic rings. The number of aromatic nitrogens is 3. The van der Waals surface area contributed by atoms with E-state index in [1.54, 1.807) is 0 Å². The van der Waals surface area contributed by atoms with Crippen LogP contribution in [0.2, 0.25) is 0 Å². The predicted molar refractivity (Wildman–Crippen MR) is 77.8 cm³/mol. The van der Waals surface area contributed by atoms with Gasteiger partial charge < -0.3 is 4.74 Å². The van der Waals surface area contributed by atoms with Crippen molar-refractivity contribution in [3.05, 3.63) is 59.8 Å². The van der Waals surface area contributed by atoms with E-state index in [9.17, 15) is 0 Å². The summed E-state index contributed by atoms with van der Waals surface area (Å²) < 4.78 is 5.55. The normalized spacial score (nSPS) is 10.5. The highest BCUT2D eigenvalue weighted by Crippen LogP contribution is 2.27. The standard InChI is InChI=1S/C16H15N3O/c1-11-3-8-15(12(2)9-11)13-4-6-14(7-5-13)20-16-10-17-19-18-16/h3-10H,1-2H3,(H,17,18,19). The van der Waals surface area contributed by atoms with Crippen LogP contribution in [-0.2, 0) is 0 Å². The molecule has 0 saturated heterocycles.